The lowest BCUT2D eigenvalue weighted by molar-refractivity contribution is 0.415. The monoisotopic (exact) mass is 375 g/mol. The van der Waals surface area contributed by atoms with Gasteiger partial charge >= 0.3 is 0 Å². The van der Waals surface area contributed by atoms with Crippen LogP contribution in [0.3, 0.4) is 0 Å². The predicted octanol–water partition coefficient (Wildman–Crippen LogP) is 3.49. The normalized spacial score (nSPS) is 14.2. The van der Waals surface area contributed by atoms with Gasteiger partial charge in [-0.3, -0.25) is 0 Å². The standard InChI is InChI=1S/C22H25N5O/c1-16-5-4-6-18(15-16)21-23-22(17(2)24-25-21)27-13-11-26(12-14-27)19-7-9-20(28-3)10-8-19/h4-10,15H,11-14H2,1-3H3. The van der Waals surface area contributed by atoms with Crippen molar-refractivity contribution in [3.8, 4) is 17.1 Å². The highest BCUT2D eigenvalue weighted by molar-refractivity contribution is 5.59. The maximum absolute atomic E-state index is 5.25. The van der Waals surface area contributed by atoms with Gasteiger partial charge in [0.1, 0.15) is 11.4 Å². The Balaban J connectivity index is 1.50. The molecule has 0 atom stereocenters. The van der Waals surface area contributed by atoms with E-state index in [0.717, 1.165) is 49.0 Å². The topological polar surface area (TPSA) is 54.4 Å². The summed E-state index contributed by atoms with van der Waals surface area (Å²) >= 11 is 0. The first-order valence-electron chi connectivity index (χ1n) is 9.56. The van der Waals surface area contributed by atoms with Gasteiger partial charge in [-0.2, -0.15) is 0 Å². The van der Waals surface area contributed by atoms with Crippen LogP contribution < -0.4 is 14.5 Å². The molecule has 1 aliphatic rings. The minimum absolute atomic E-state index is 0.682. The van der Waals surface area contributed by atoms with Crippen molar-refractivity contribution in [2.75, 3.05) is 43.1 Å². The molecule has 1 aromatic heterocycles. The summed E-state index contributed by atoms with van der Waals surface area (Å²) in [6.07, 6.45) is 0. The first kappa shape index (κ1) is 18.2. The molecule has 3 aromatic rings. The number of anilines is 2. The lowest BCUT2D eigenvalue weighted by atomic mass is 10.1. The van der Waals surface area contributed by atoms with Crippen molar-refractivity contribution >= 4 is 11.5 Å². The fourth-order valence-corrected chi connectivity index (χ4v) is 3.55. The van der Waals surface area contributed by atoms with Gasteiger partial charge in [0.2, 0.25) is 0 Å². The molecule has 2 aromatic carbocycles. The second kappa shape index (κ2) is 7.84. The van der Waals surface area contributed by atoms with E-state index < -0.39 is 0 Å². The third-order valence-electron chi connectivity index (χ3n) is 5.12. The van der Waals surface area contributed by atoms with E-state index >= 15 is 0 Å². The number of rotatable bonds is 4. The average Bonchev–Trinajstić information content (AvgIpc) is 2.74. The van der Waals surface area contributed by atoms with Crippen molar-refractivity contribution in [3.63, 3.8) is 0 Å². The Morgan fingerprint density at radius 1 is 0.857 bits per heavy atom. The van der Waals surface area contributed by atoms with E-state index in [0.29, 0.717) is 5.82 Å². The lowest BCUT2D eigenvalue weighted by Crippen LogP contribution is -2.47. The van der Waals surface area contributed by atoms with Crippen LogP contribution >= 0.6 is 0 Å². The zero-order chi connectivity index (χ0) is 19.5. The highest BCUT2D eigenvalue weighted by Crippen LogP contribution is 2.24. The minimum Gasteiger partial charge on any atom is -0.497 e. The Bertz CT molecular complexity index is 949. The number of piperazine rings is 1. The van der Waals surface area contributed by atoms with Crippen molar-refractivity contribution < 1.29 is 4.74 Å². The summed E-state index contributed by atoms with van der Waals surface area (Å²) in [5, 5.41) is 8.69. The lowest BCUT2D eigenvalue weighted by Gasteiger charge is -2.37. The van der Waals surface area contributed by atoms with Gasteiger partial charge in [0.15, 0.2) is 11.6 Å². The van der Waals surface area contributed by atoms with Crippen molar-refractivity contribution in [3.05, 3.63) is 59.8 Å². The highest BCUT2D eigenvalue weighted by Gasteiger charge is 2.21. The summed E-state index contributed by atoms with van der Waals surface area (Å²) < 4.78 is 5.25. The Labute approximate surface area is 165 Å². The van der Waals surface area contributed by atoms with Crippen LogP contribution in [0.4, 0.5) is 11.5 Å². The number of hydrogen-bond donors (Lipinski definition) is 0. The largest absolute Gasteiger partial charge is 0.497 e. The summed E-state index contributed by atoms with van der Waals surface area (Å²) in [7, 11) is 1.69. The minimum atomic E-state index is 0.682. The van der Waals surface area contributed by atoms with Crippen LogP contribution in [0.1, 0.15) is 11.3 Å². The molecule has 0 radical (unpaired) electrons. The van der Waals surface area contributed by atoms with Crippen molar-refractivity contribution in [2.24, 2.45) is 0 Å². The van der Waals surface area contributed by atoms with Crippen molar-refractivity contribution in [2.45, 2.75) is 13.8 Å². The van der Waals surface area contributed by atoms with E-state index in [-0.39, 0.29) is 0 Å². The zero-order valence-electron chi connectivity index (χ0n) is 16.6. The maximum atomic E-state index is 5.25. The van der Waals surface area contributed by atoms with E-state index in [2.05, 4.69) is 51.2 Å². The molecule has 0 unspecified atom stereocenters. The maximum Gasteiger partial charge on any atom is 0.183 e. The summed E-state index contributed by atoms with van der Waals surface area (Å²) in [6.45, 7) is 7.73. The second-order valence-electron chi connectivity index (χ2n) is 7.09. The number of aromatic nitrogens is 3. The smallest absolute Gasteiger partial charge is 0.183 e. The van der Waals surface area contributed by atoms with Crippen LogP contribution in [0.5, 0.6) is 5.75 Å². The fourth-order valence-electron chi connectivity index (χ4n) is 3.55. The third kappa shape index (κ3) is 3.76. The summed E-state index contributed by atoms with van der Waals surface area (Å²) in [5.74, 6) is 2.50. The SMILES string of the molecule is COc1ccc(N2CCN(c3nc(-c4cccc(C)c4)nnc3C)CC2)cc1. The Hall–Kier alpha value is -3.15. The zero-order valence-corrected chi connectivity index (χ0v) is 16.6. The molecule has 6 nitrogen and oxygen atoms in total. The van der Waals surface area contributed by atoms with E-state index in [4.69, 9.17) is 9.72 Å². The molecule has 4 rings (SSSR count). The summed E-state index contributed by atoms with van der Waals surface area (Å²) in [4.78, 5) is 9.54. The van der Waals surface area contributed by atoms with Crippen LogP contribution in [0.25, 0.3) is 11.4 Å². The number of methoxy groups -OCH3 is 1. The number of hydrogen-bond acceptors (Lipinski definition) is 6. The number of nitrogens with zero attached hydrogens (tertiary/aromatic N) is 5. The van der Waals surface area contributed by atoms with Gasteiger partial charge in [-0.15, -0.1) is 10.2 Å². The fraction of sp³-hybridized carbons (Fsp3) is 0.318. The van der Waals surface area contributed by atoms with E-state index in [1.165, 1.54) is 11.3 Å². The van der Waals surface area contributed by atoms with Crippen LogP contribution in [0.2, 0.25) is 0 Å². The van der Waals surface area contributed by atoms with E-state index in [1.54, 1.807) is 7.11 Å². The third-order valence-corrected chi connectivity index (χ3v) is 5.12. The number of ether oxygens (including phenoxy) is 1. The van der Waals surface area contributed by atoms with Crippen LogP contribution in [-0.4, -0.2) is 48.5 Å². The predicted molar refractivity (Wildman–Crippen MR) is 112 cm³/mol. The summed E-state index contributed by atoms with van der Waals surface area (Å²) in [6, 6.07) is 16.5. The number of benzene rings is 2. The quantitative estimate of drug-likeness (QED) is 0.696. The first-order chi connectivity index (χ1) is 13.6. The summed E-state index contributed by atoms with van der Waals surface area (Å²) in [5.41, 5.74) is 4.29. The van der Waals surface area contributed by atoms with Gasteiger partial charge in [0, 0.05) is 37.4 Å². The van der Waals surface area contributed by atoms with Gasteiger partial charge < -0.3 is 14.5 Å². The number of aryl methyl sites for hydroxylation is 2. The molecular weight excluding hydrogens is 350 g/mol. The Kier molecular flexibility index (Phi) is 5.10. The molecule has 0 aliphatic carbocycles. The second-order valence-corrected chi connectivity index (χ2v) is 7.09. The molecule has 144 valence electrons. The van der Waals surface area contributed by atoms with Gasteiger partial charge in [-0.05, 0) is 44.2 Å². The molecule has 1 fully saturated rings. The molecule has 0 amide bonds. The molecule has 1 aliphatic heterocycles. The van der Waals surface area contributed by atoms with Crippen LogP contribution in [0.15, 0.2) is 48.5 Å². The average molecular weight is 375 g/mol. The van der Waals surface area contributed by atoms with Gasteiger partial charge in [0.05, 0.1) is 7.11 Å². The van der Waals surface area contributed by atoms with E-state index in [1.807, 2.05) is 31.2 Å². The van der Waals surface area contributed by atoms with Gasteiger partial charge in [-0.1, -0.05) is 23.8 Å². The van der Waals surface area contributed by atoms with Crippen LogP contribution in [0, 0.1) is 13.8 Å². The molecule has 1 saturated heterocycles. The molecule has 28 heavy (non-hydrogen) atoms. The molecule has 0 bridgehead atoms. The first-order valence-corrected chi connectivity index (χ1v) is 9.56. The Morgan fingerprint density at radius 2 is 1.57 bits per heavy atom. The molecule has 0 spiro atoms. The molecule has 2 heterocycles. The molecular formula is C22H25N5O. The molecule has 0 N–H and O–H groups in total. The highest BCUT2D eigenvalue weighted by atomic mass is 16.5. The molecule has 6 heteroatoms. The van der Waals surface area contributed by atoms with E-state index in [9.17, 15) is 0 Å². The van der Waals surface area contributed by atoms with Gasteiger partial charge in [0.25, 0.3) is 0 Å². The van der Waals surface area contributed by atoms with Crippen molar-refractivity contribution in [1.82, 2.24) is 15.2 Å². The van der Waals surface area contributed by atoms with Gasteiger partial charge in [-0.25, -0.2) is 4.98 Å². The molecule has 0 saturated carbocycles. The van der Waals surface area contributed by atoms with Crippen molar-refractivity contribution in [1.29, 1.82) is 0 Å². The van der Waals surface area contributed by atoms with Crippen LogP contribution in [-0.2, 0) is 0 Å². The Morgan fingerprint density at radius 3 is 2.25 bits per heavy atom.